The van der Waals surface area contributed by atoms with Crippen molar-refractivity contribution in [2.45, 2.75) is 6.92 Å². The van der Waals surface area contributed by atoms with Crippen LogP contribution in [0.2, 0.25) is 0 Å². The van der Waals surface area contributed by atoms with Gasteiger partial charge < -0.3 is 21.7 Å². The van der Waals surface area contributed by atoms with Gasteiger partial charge >= 0.3 is 23.1 Å². The molecule has 56 valence electrons. The fourth-order valence-corrected chi connectivity index (χ4v) is 0.685. The summed E-state index contributed by atoms with van der Waals surface area (Å²) in [6.45, 7) is 1.99. The van der Waals surface area contributed by atoms with E-state index in [2.05, 4.69) is 6.07 Å². The molecular weight excluding hydrogens is 216 g/mol. The monoisotopic (exact) mass is 224 g/mol. The predicted octanol–water partition coefficient (Wildman–Crippen LogP) is -1.57. The molecule has 0 aromatic heterocycles. The molecule has 1 rings (SSSR count). The fourth-order valence-electron chi connectivity index (χ4n) is 0.685. The van der Waals surface area contributed by atoms with E-state index in [-0.39, 0.29) is 40.0 Å². The number of hydrogen-bond donors (Lipinski definition) is 0. The summed E-state index contributed by atoms with van der Waals surface area (Å²) in [4.78, 5) is 0. The van der Waals surface area contributed by atoms with Gasteiger partial charge in [-0.25, -0.2) is 0 Å². The summed E-state index contributed by atoms with van der Waals surface area (Å²) < 4.78 is 4.97. The third-order valence-electron chi connectivity index (χ3n) is 1.15. The van der Waals surface area contributed by atoms with Crippen LogP contribution < -0.4 is 21.7 Å². The van der Waals surface area contributed by atoms with E-state index in [4.69, 9.17) is 4.74 Å². The molecule has 0 N–H and O–H groups in total. The van der Waals surface area contributed by atoms with Crippen molar-refractivity contribution >= 4 is 23.1 Å². The van der Waals surface area contributed by atoms with Gasteiger partial charge in [-0.15, -0.1) is 12.1 Å². The van der Waals surface area contributed by atoms with Crippen molar-refractivity contribution in [3.8, 4) is 5.75 Å². The predicted molar refractivity (Wildman–Crippen MR) is 42.3 cm³/mol. The number of halogens is 1. The summed E-state index contributed by atoms with van der Waals surface area (Å²) in [5.74, 6) is 0.895. The minimum Gasteiger partial charge on any atom is -1.00 e. The number of benzene rings is 1. The molecule has 0 fully saturated rings. The Labute approximate surface area is 94.1 Å². The van der Waals surface area contributed by atoms with E-state index in [1.807, 2.05) is 25.1 Å². The smallest absolute Gasteiger partial charge is 1.00 e. The van der Waals surface area contributed by atoms with E-state index in [1.54, 1.807) is 7.11 Å². The van der Waals surface area contributed by atoms with Crippen LogP contribution in [0.25, 0.3) is 0 Å². The summed E-state index contributed by atoms with van der Waals surface area (Å²) in [6, 6.07) is 8.71. The largest absolute Gasteiger partial charge is 2.00 e. The maximum Gasteiger partial charge on any atom is 2.00 e. The van der Waals surface area contributed by atoms with Crippen LogP contribution in [0.5, 0.6) is 5.75 Å². The quantitative estimate of drug-likeness (QED) is 0.414. The zero-order chi connectivity index (χ0) is 6.69. The SMILES string of the molecule is COc1cc[c-]c(C)c1.[Br-].[Mg+2]. The first-order valence-electron chi connectivity index (χ1n) is 2.85. The molecule has 0 amide bonds. The van der Waals surface area contributed by atoms with Crippen LogP contribution in [-0.4, -0.2) is 30.2 Å². The molecule has 1 aromatic rings. The van der Waals surface area contributed by atoms with Gasteiger partial charge in [0, 0.05) is 5.75 Å². The minimum atomic E-state index is 0. The summed E-state index contributed by atoms with van der Waals surface area (Å²) >= 11 is 0. The number of methoxy groups -OCH3 is 1. The van der Waals surface area contributed by atoms with Crippen LogP contribution in [0.3, 0.4) is 0 Å². The molecule has 0 saturated carbocycles. The summed E-state index contributed by atoms with van der Waals surface area (Å²) in [5, 5.41) is 0. The van der Waals surface area contributed by atoms with Gasteiger partial charge in [-0.2, -0.15) is 17.7 Å². The van der Waals surface area contributed by atoms with Crippen molar-refractivity contribution in [1.82, 2.24) is 0 Å². The van der Waals surface area contributed by atoms with Crippen molar-refractivity contribution in [1.29, 1.82) is 0 Å². The third-order valence-corrected chi connectivity index (χ3v) is 1.15. The number of rotatable bonds is 1. The third kappa shape index (κ3) is 4.66. The van der Waals surface area contributed by atoms with Crippen LogP contribution in [-0.2, 0) is 0 Å². The molecule has 0 unspecified atom stereocenters. The topological polar surface area (TPSA) is 9.23 Å². The normalized spacial score (nSPS) is 7.45. The van der Waals surface area contributed by atoms with Crippen molar-refractivity contribution < 1.29 is 21.7 Å². The van der Waals surface area contributed by atoms with E-state index >= 15 is 0 Å². The van der Waals surface area contributed by atoms with E-state index < -0.39 is 0 Å². The first-order chi connectivity index (χ1) is 4.33. The van der Waals surface area contributed by atoms with Crippen LogP contribution in [0.4, 0.5) is 0 Å². The zero-order valence-electron chi connectivity index (χ0n) is 6.73. The minimum absolute atomic E-state index is 0. The molecule has 0 spiro atoms. The van der Waals surface area contributed by atoms with Crippen molar-refractivity contribution in [3.63, 3.8) is 0 Å². The van der Waals surface area contributed by atoms with Gasteiger partial charge in [0.25, 0.3) is 0 Å². The van der Waals surface area contributed by atoms with Gasteiger partial charge in [-0.1, -0.05) is 6.92 Å². The summed E-state index contributed by atoms with van der Waals surface area (Å²) in [5.41, 5.74) is 1.11. The van der Waals surface area contributed by atoms with Gasteiger partial charge in [0.1, 0.15) is 0 Å². The first kappa shape index (κ1) is 13.8. The molecule has 0 saturated heterocycles. The molecule has 0 aliphatic heterocycles. The molecule has 0 aliphatic rings. The number of ether oxygens (including phenoxy) is 1. The second-order valence-electron chi connectivity index (χ2n) is 1.91. The summed E-state index contributed by atoms with van der Waals surface area (Å²) in [7, 11) is 1.66. The Kier molecular flexibility index (Phi) is 8.73. The number of hydrogen-bond acceptors (Lipinski definition) is 1. The van der Waals surface area contributed by atoms with E-state index in [0.717, 1.165) is 11.3 Å². The van der Waals surface area contributed by atoms with E-state index in [1.165, 1.54) is 0 Å². The average molecular weight is 225 g/mol. The molecule has 0 atom stereocenters. The van der Waals surface area contributed by atoms with Crippen LogP contribution in [0.1, 0.15) is 5.56 Å². The maximum atomic E-state index is 4.97. The van der Waals surface area contributed by atoms with Crippen LogP contribution >= 0.6 is 0 Å². The Bertz CT molecular complexity index is 203. The molecule has 0 heterocycles. The van der Waals surface area contributed by atoms with Gasteiger partial charge in [0.2, 0.25) is 0 Å². The Morgan fingerprint density at radius 1 is 1.45 bits per heavy atom. The van der Waals surface area contributed by atoms with E-state index in [9.17, 15) is 0 Å². The molecule has 0 aliphatic carbocycles. The average Bonchev–Trinajstić information content (AvgIpc) is 1.88. The van der Waals surface area contributed by atoms with Crippen molar-refractivity contribution in [2.75, 3.05) is 7.11 Å². The Morgan fingerprint density at radius 3 is 2.45 bits per heavy atom. The molecule has 1 aromatic carbocycles. The van der Waals surface area contributed by atoms with Crippen LogP contribution in [0, 0.1) is 13.0 Å². The molecule has 1 nitrogen and oxygen atoms in total. The Morgan fingerprint density at radius 2 is 2.09 bits per heavy atom. The fraction of sp³-hybridized carbons (Fsp3) is 0.250. The molecule has 0 radical (unpaired) electrons. The molecular formula is C8H9BrMgO. The maximum absolute atomic E-state index is 4.97. The second-order valence-corrected chi connectivity index (χ2v) is 1.91. The van der Waals surface area contributed by atoms with Gasteiger partial charge in [0.15, 0.2) is 0 Å². The Balaban J connectivity index is 0. The Hall–Kier alpha value is 0.266. The van der Waals surface area contributed by atoms with Crippen molar-refractivity contribution in [3.05, 3.63) is 29.8 Å². The molecule has 0 bridgehead atoms. The second kappa shape index (κ2) is 6.94. The first-order valence-corrected chi connectivity index (χ1v) is 2.85. The zero-order valence-corrected chi connectivity index (χ0v) is 9.73. The standard InChI is InChI=1S/C8H9O.BrH.Mg/c1-7-4-3-5-8(6-7)9-2;;/h3,5-6H,1-2H3;1H;/q-1;;+2/p-1. The van der Waals surface area contributed by atoms with Gasteiger partial charge in [-0.05, 0) is 0 Å². The number of aryl methyl sites for hydroxylation is 1. The summed E-state index contributed by atoms with van der Waals surface area (Å²) in [6.07, 6.45) is 0. The molecule has 11 heavy (non-hydrogen) atoms. The van der Waals surface area contributed by atoms with Gasteiger partial charge in [-0.3, -0.25) is 0 Å². The van der Waals surface area contributed by atoms with E-state index in [0.29, 0.717) is 0 Å². The van der Waals surface area contributed by atoms with Crippen molar-refractivity contribution in [2.24, 2.45) is 0 Å². The van der Waals surface area contributed by atoms with Gasteiger partial charge in [0.05, 0.1) is 7.11 Å². The molecule has 3 heteroatoms. The van der Waals surface area contributed by atoms with Crippen LogP contribution in [0.15, 0.2) is 18.2 Å².